The molecular formula is C16H18ClNO3. The highest BCUT2D eigenvalue weighted by Gasteiger charge is 2.31. The number of likely N-dealkylation sites (N-methyl/N-ethyl adjacent to an activating group) is 1. The van der Waals surface area contributed by atoms with Crippen LogP contribution in [-0.4, -0.2) is 30.7 Å². The molecule has 4 nitrogen and oxygen atoms in total. The molecule has 3 rings (SSSR count). The van der Waals surface area contributed by atoms with Crippen LogP contribution in [0.3, 0.4) is 0 Å². The summed E-state index contributed by atoms with van der Waals surface area (Å²) in [5, 5.41) is 0.497. The van der Waals surface area contributed by atoms with Gasteiger partial charge < -0.3 is 14.4 Å². The maximum atomic E-state index is 12.2. The first-order valence-electron chi connectivity index (χ1n) is 7.10. The quantitative estimate of drug-likeness (QED) is 0.801. The molecule has 0 spiro atoms. The molecule has 0 aromatic heterocycles. The lowest BCUT2D eigenvalue weighted by atomic mass is 10.1. The average molecular weight is 308 g/mol. The maximum Gasteiger partial charge on any atom is 0.246 e. The Morgan fingerprint density at radius 1 is 1.43 bits per heavy atom. The summed E-state index contributed by atoms with van der Waals surface area (Å²) in [6.07, 6.45) is 5.78. The van der Waals surface area contributed by atoms with Crippen LogP contribution in [0.4, 0.5) is 0 Å². The summed E-state index contributed by atoms with van der Waals surface area (Å²) in [7, 11) is 1.85. The number of carbonyl (C=O) groups is 1. The van der Waals surface area contributed by atoms with Gasteiger partial charge in [0, 0.05) is 19.2 Å². The Morgan fingerprint density at radius 2 is 2.19 bits per heavy atom. The van der Waals surface area contributed by atoms with Gasteiger partial charge in [0.2, 0.25) is 12.7 Å². The largest absolute Gasteiger partial charge is 0.454 e. The zero-order chi connectivity index (χ0) is 15.0. The summed E-state index contributed by atoms with van der Waals surface area (Å²) in [6.45, 7) is 2.28. The van der Waals surface area contributed by atoms with Gasteiger partial charge in [-0.25, -0.2) is 0 Å². The zero-order valence-electron chi connectivity index (χ0n) is 12.1. The summed E-state index contributed by atoms with van der Waals surface area (Å²) in [5.41, 5.74) is 0.824. The van der Waals surface area contributed by atoms with Crippen molar-refractivity contribution in [3.63, 3.8) is 0 Å². The van der Waals surface area contributed by atoms with E-state index in [-0.39, 0.29) is 12.7 Å². The molecule has 1 atom stereocenters. The number of halogens is 1. The van der Waals surface area contributed by atoms with E-state index in [9.17, 15) is 4.79 Å². The van der Waals surface area contributed by atoms with Crippen molar-refractivity contribution in [3.05, 3.63) is 28.8 Å². The number of amides is 1. The van der Waals surface area contributed by atoms with Crippen LogP contribution in [0.1, 0.15) is 25.3 Å². The SMILES string of the molecule is CC(C1CC1)N(C)C(=O)/C=C/c1cc(Cl)c2c(c1)OCO2. The van der Waals surface area contributed by atoms with Gasteiger partial charge in [0.15, 0.2) is 11.5 Å². The van der Waals surface area contributed by atoms with Gasteiger partial charge >= 0.3 is 0 Å². The van der Waals surface area contributed by atoms with Crippen molar-refractivity contribution in [2.75, 3.05) is 13.8 Å². The topological polar surface area (TPSA) is 38.8 Å². The normalized spacial score (nSPS) is 18.0. The molecule has 1 fully saturated rings. The minimum absolute atomic E-state index is 0.00295. The Labute approximate surface area is 129 Å². The van der Waals surface area contributed by atoms with Gasteiger partial charge in [-0.15, -0.1) is 0 Å². The molecule has 1 aromatic carbocycles. The van der Waals surface area contributed by atoms with E-state index >= 15 is 0 Å². The molecular weight excluding hydrogens is 290 g/mol. The van der Waals surface area contributed by atoms with Crippen LogP contribution in [-0.2, 0) is 4.79 Å². The first-order valence-corrected chi connectivity index (χ1v) is 7.48. The van der Waals surface area contributed by atoms with E-state index in [2.05, 4.69) is 6.92 Å². The number of fused-ring (bicyclic) bond motifs is 1. The predicted octanol–water partition coefficient (Wildman–Crippen LogP) is 3.34. The first-order chi connectivity index (χ1) is 10.1. The highest BCUT2D eigenvalue weighted by molar-refractivity contribution is 6.32. The third-order valence-corrected chi connectivity index (χ3v) is 4.41. The minimum atomic E-state index is 0.00295. The Morgan fingerprint density at radius 3 is 2.90 bits per heavy atom. The van der Waals surface area contributed by atoms with Crippen LogP contribution in [0.2, 0.25) is 5.02 Å². The molecule has 0 saturated heterocycles. The van der Waals surface area contributed by atoms with Crippen molar-refractivity contribution < 1.29 is 14.3 Å². The molecule has 0 bridgehead atoms. The van der Waals surface area contributed by atoms with Crippen molar-refractivity contribution in [1.29, 1.82) is 0 Å². The van der Waals surface area contributed by atoms with Gasteiger partial charge in [0.25, 0.3) is 0 Å². The Kier molecular flexibility index (Phi) is 3.81. The number of rotatable bonds is 4. The molecule has 5 heteroatoms. The maximum absolute atomic E-state index is 12.2. The van der Waals surface area contributed by atoms with E-state index in [4.69, 9.17) is 21.1 Å². The molecule has 1 unspecified atom stereocenters. The number of hydrogen-bond donors (Lipinski definition) is 0. The smallest absolute Gasteiger partial charge is 0.246 e. The van der Waals surface area contributed by atoms with Gasteiger partial charge in [-0.3, -0.25) is 4.79 Å². The monoisotopic (exact) mass is 307 g/mol. The number of benzene rings is 1. The van der Waals surface area contributed by atoms with Crippen LogP contribution in [0.15, 0.2) is 18.2 Å². The van der Waals surface area contributed by atoms with Crippen molar-refractivity contribution in [2.24, 2.45) is 5.92 Å². The van der Waals surface area contributed by atoms with Gasteiger partial charge in [-0.1, -0.05) is 11.6 Å². The molecule has 1 saturated carbocycles. The lowest BCUT2D eigenvalue weighted by molar-refractivity contribution is -0.126. The molecule has 2 aliphatic rings. The van der Waals surface area contributed by atoms with Gasteiger partial charge in [0.1, 0.15) is 0 Å². The fourth-order valence-electron chi connectivity index (χ4n) is 2.46. The summed E-state index contributed by atoms with van der Waals surface area (Å²) in [6, 6.07) is 3.88. The molecule has 1 amide bonds. The van der Waals surface area contributed by atoms with Crippen LogP contribution in [0, 0.1) is 5.92 Å². The molecule has 1 aliphatic heterocycles. The van der Waals surface area contributed by atoms with Crippen LogP contribution in [0.25, 0.3) is 6.08 Å². The molecule has 1 heterocycles. The van der Waals surface area contributed by atoms with Gasteiger partial charge in [-0.2, -0.15) is 0 Å². The lowest BCUT2D eigenvalue weighted by Gasteiger charge is -2.23. The van der Waals surface area contributed by atoms with E-state index in [0.717, 1.165) is 5.56 Å². The van der Waals surface area contributed by atoms with Crippen LogP contribution < -0.4 is 9.47 Å². The van der Waals surface area contributed by atoms with E-state index < -0.39 is 0 Å². The van der Waals surface area contributed by atoms with Crippen molar-refractivity contribution in [2.45, 2.75) is 25.8 Å². The first kappa shape index (κ1) is 14.3. The second-order valence-corrected chi connectivity index (χ2v) is 6.00. The highest BCUT2D eigenvalue weighted by atomic mass is 35.5. The van der Waals surface area contributed by atoms with E-state index in [0.29, 0.717) is 28.5 Å². The third-order valence-electron chi connectivity index (χ3n) is 4.13. The van der Waals surface area contributed by atoms with E-state index in [1.54, 1.807) is 23.1 Å². The van der Waals surface area contributed by atoms with Crippen molar-refractivity contribution >= 4 is 23.6 Å². The number of hydrogen-bond acceptors (Lipinski definition) is 3. The Bertz CT molecular complexity index is 595. The second-order valence-electron chi connectivity index (χ2n) is 5.60. The second kappa shape index (κ2) is 5.60. The van der Waals surface area contributed by atoms with E-state index in [1.807, 2.05) is 13.1 Å². The minimum Gasteiger partial charge on any atom is -0.454 e. The summed E-state index contributed by atoms with van der Waals surface area (Å²) >= 11 is 6.12. The van der Waals surface area contributed by atoms with Crippen LogP contribution >= 0.6 is 11.6 Å². The Hall–Kier alpha value is -1.68. The standard InChI is InChI=1S/C16H18ClNO3/c1-10(12-4-5-12)18(2)15(19)6-3-11-7-13(17)16-14(8-11)20-9-21-16/h3,6-8,10,12H,4-5,9H2,1-2H3/b6-3+. The van der Waals surface area contributed by atoms with E-state index in [1.165, 1.54) is 12.8 Å². The number of carbonyl (C=O) groups excluding carboxylic acids is 1. The Balaban J connectivity index is 1.71. The van der Waals surface area contributed by atoms with Gasteiger partial charge in [-0.05, 0) is 49.5 Å². The summed E-state index contributed by atoms with van der Waals surface area (Å²) in [5.74, 6) is 1.85. The molecule has 21 heavy (non-hydrogen) atoms. The fraction of sp³-hybridized carbons (Fsp3) is 0.438. The van der Waals surface area contributed by atoms with Crippen molar-refractivity contribution in [1.82, 2.24) is 4.90 Å². The third kappa shape index (κ3) is 3.00. The zero-order valence-corrected chi connectivity index (χ0v) is 12.9. The molecule has 1 aliphatic carbocycles. The lowest BCUT2D eigenvalue weighted by Crippen LogP contribution is -2.35. The fourth-order valence-corrected chi connectivity index (χ4v) is 2.74. The van der Waals surface area contributed by atoms with Gasteiger partial charge in [0.05, 0.1) is 5.02 Å². The average Bonchev–Trinajstić information content (AvgIpc) is 3.21. The summed E-state index contributed by atoms with van der Waals surface area (Å²) < 4.78 is 10.6. The highest BCUT2D eigenvalue weighted by Crippen LogP contribution is 2.40. The molecule has 1 aromatic rings. The number of nitrogens with zero attached hydrogens (tertiary/aromatic N) is 1. The molecule has 0 radical (unpaired) electrons. The molecule has 0 N–H and O–H groups in total. The predicted molar refractivity (Wildman–Crippen MR) is 81.6 cm³/mol. The van der Waals surface area contributed by atoms with Crippen LogP contribution in [0.5, 0.6) is 11.5 Å². The molecule has 112 valence electrons. The summed E-state index contributed by atoms with van der Waals surface area (Å²) in [4.78, 5) is 14.0. The number of ether oxygens (including phenoxy) is 2. The van der Waals surface area contributed by atoms with Crippen molar-refractivity contribution in [3.8, 4) is 11.5 Å².